The van der Waals surface area contributed by atoms with Crippen LogP contribution in [-0.2, 0) is 17.3 Å². The summed E-state index contributed by atoms with van der Waals surface area (Å²) in [5, 5.41) is 10.7. The molecule has 0 radical (unpaired) electrons. The average Bonchev–Trinajstić information content (AvgIpc) is 2.60. The molecule has 2 rings (SSSR count). The van der Waals surface area contributed by atoms with Gasteiger partial charge in [-0.2, -0.15) is 13.2 Å². The Morgan fingerprint density at radius 2 is 1.56 bits per heavy atom. The number of ether oxygens (including phenoxy) is 2. The van der Waals surface area contributed by atoms with Gasteiger partial charge in [0.05, 0.1) is 17.4 Å². The summed E-state index contributed by atoms with van der Waals surface area (Å²) in [6.45, 7) is 12.7. The average molecular weight is 457 g/mol. The topological polar surface area (TPSA) is 80.7 Å². The Balaban J connectivity index is 0.000000482. The molecular formula is C23H31F3N2O4. The maximum atomic E-state index is 12.9. The number of halogens is 3. The molecule has 0 aliphatic heterocycles. The number of nitrogens with one attached hydrogen (secondary N) is 1. The Morgan fingerprint density at radius 3 is 2.00 bits per heavy atom. The number of carbonyl (C=O) groups is 1. The minimum atomic E-state index is -4.53. The summed E-state index contributed by atoms with van der Waals surface area (Å²) in [7, 11) is 0. The summed E-state index contributed by atoms with van der Waals surface area (Å²) in [6.07, 6.45) is -3.11. The van der Waals surface area contributed by atoms with Crippen molar-refractivity contribution in [1.82, 2.24) is 10.3 Å². The molecule has 0 aliphatic carbocycles. The number of alkyl halides is 3. The smallest absolute Gasteiger partial charge is 0.420 e. The Morgan fingerprint density at radius 1 is 1.00 bits per heavy atom. The number of amides is 1. The van der Waals surface area contributed by atoms with Gasteiger partial charge in [-0.15, -0.1) is 0 Å². The zero-order valence-corrected chi connectivity index (χ0v) is 19.2. The van der Waals surface area contributed by atoms with E-state index in [-0.39, 0.29) is 29.2 Å². The van der Waals surface area contributed by atoms with Crippen molar-refractivity contribution in [2.24, 2.45) is 0 Å². The van der Waals surface area contributed by atoms with Crippen LogP contribution in [0.3, 0.4) is 0 Å². The first-order chi connectivity index (χ1) is 14.6. The third kappa shape index (κ3) is 11.5. The molecule has 178 valence electrons. The quantitative estimate of drug-likeness (QED) is 0.552. The highest BCUT2D eigenvalue weighted by Gasteiger charge is 2.34. The third-order valence-corrected chi connectivity index (χ3v) is 3.54. The molecule has 0 fully saturated rings. The van der Waals surface area contributed by atoms with Gasteiger partial charge in [-0.3, -0.25) is 4.98 Å². The summed E-state index contributed by atoms with van der Waals surface area (Å²) in [5.74, 6) is -0.140. The lowest BCUT2D eigenvalue weighted by molar-refractivity contribution is -0.138. The normalized spacial score (nSPS) is 11.9. The predicted octanol–water partition coefficient (Wildman–Crippen LogP) is 6.30. The number of carboxylic acid groups (broad SMARTS) is 1. The van der Waals surface area contributed by atoms with Crippen LogP contribution in [0.1, 0.15) is 52.7 Å². The molecule has 1 amide bonds. The second-order valence-electron chi connectivity index (χ2n) is 8.92. The number of nitrogens with zero attached hydrogens (tertiary/aromatic N) is 1. The molecule has 0 spiro atoms. The first-order valence-corrected chi connectivity index (χ1v) is 10.0. The Kier molecular flexibility index (Phi) is 9.51. The van der Waals surface area contributed by atoms with Crippen molar-refractivity contribution in [3.05, 3.63) is 53.9 Å². The lowest BCUT2D eigenvalue weighted by atomic mass is 10.1. The molecule has 32 heavy (non-hydrogen) atoms. The number of hydrogen-bond donors (Lipinski definition) is 2. The number of rotatable bonds is 5. The van der Waals surface area contributed by atoms with Gasteiger partial charge >= 0.3 is 12.3 Å². The van der Waals surface area contributed by atoms with Crippen LogP contribution in [0.4, 0.5) is 18.0 Å². The van der Waals surface area contributed by atoms with Crippen molar-refractivity contribution < 1.29 is 32.5 Å². The maximum Gasteiger partial charge on any atom is 0.420 e. The largest absolute Gasteiger partial charge is 0.465 e. The highest BCUT2D eigenvalue weighted by atomic mass is 19.4. The van der Waals surface area contributed by atoms with Crippen molar-refractivity contribution >= 4 is 6.09 Å². The molecule has 1 heterocycles. The fraction of sp³-hybridized carbons (Fsp3) is 0.478. The van der Waals surface area contributed by atoms with Gasteiger partial charge in [0.15, 0.2) is 5.75 Å². The van der Waals surface area contributed by atoms with Crippen LogP contribution in [0.25, 0.3) is 0 Å². The molecule has 0 aliphatic rings. The highest BCUT2D eigenvalue weighted by molar-refractivity contribution is 5.64. The van der Waals surface area contributed by atoms with Gasteiger partial charge in [-0.05, 0) is 71.7 Å². The van der Waals surface area contributed by atoms with Gasteiger partial charge in [-0.1, -0.05) is 12.1 Å². The minimum absolute atomic E-state index is 0.0156. The van der Waals surface area contributed by atoms with Crippen LogP contribution in [0.5, 0.6) is 11.5 Å². The Labute approximate surface area is 186 Å². The number of hydrogen-bond acceptors (Lipinski definition) is 4. The Bertz CT molecular complexity index is 843. The molecule has 0 saturated heterocycles. The van der Waals surface area contributed by atoms with Crippen molar-refractivity contribution in [2.45, 2.75) is 65.3 Å². The van der Waals surface area contributed by atoms with E-state index in [1.54, 1.807) is 12.1 Å². The standard InChI is InChI=1S/C15H13F3N2O3.C8H18O/c16-15(17,18)12-6-7-19-9-13(12)23-11-3-1-10(2-4-11)5-8-20-14(21)22;1-7(2,3)9-8(4,5)6/h1-4,6-7,9,20H,5,8H2,(H,21,22);1-6H3. The van der Waals surface area contributed by atoms with E-state index in [1.807, 2.05) is 0 Å². The minimum Gasteiger partial charge on any atom is -0.465 e. The fourth-order valence-electron chi connectivity index (χ4n) is 2.78. The van der Waals surface area contributed by atoms with Crippen LogP contribution in [0.15, 0.2) is 42.7 Å². The van der Waals surface area contributed by atoms with E-state index in [0.29, 0.717) is 6.42 Å². The molecule has 1 aromatic carbocycles. The van der Waals surface area contributed by atoms with Crippen LogP contribution in [0.2, 0.25) is 0 Å². The SMILES string of the molecule is CC(C)(C)OC(C)(C)C.O=C(O)NCCc1ccc(Oc2cnccc2C(F)(F)F)cc1. The van der Waals surface area contributed by atoms with Crippen molar-refractivity contribution in [3.63, 3.8) is 0 Å². The zero-order chi connectivity index (χ0) is 24.6. The number of benzene rings is 1. The van der Waals surface area contributed by atoms with E-state index in [4.69, 9.17) is 14.6 Å². The molecule has 2 aromatic rings. The van der Waals surface area contributed by atoms with Crippen molar-refractivity contribution in [2.75, 3.05) is 6.54 Å². The summed E-state index contributed by atoms with van der Waals surface area (Å²) in [4.78, 5) is 14.0. The number of aromatic nitrogens is 1. The van der Waals surface area contributed by atoms with Gasteiger partial charge in [0.2, 0.25) is 0 Å². The van der Waals surface area contributed by atoms with Gasteiger partial charge in [0.25, 0.3) is 0 Å². The van der Waals surface area contributed by atoms with E-state index in [9.17, 15) is 18.0 Å². The van der Waals surface area contributed by atoms with Crippen LogP contribution in [-0.4, -0.2) is 33.9 Å². The van der Waals surface area contributed by atoms with E-state index in [0.717, 1.165) is 24.0 Å². The second-order valence-corrected chi connectivity index (χ2v) is 8.92. The fourth-order valence-corrected chi connectivity index (χ4v) is 2.78. The Hall–Kier alpha value is -2.81. The molecule has 0 unspecified atom stereocenters. The predicted molar refractivity (Wildman–Crippen MR) is 116 cm³/mol. The van der Waals surface area contributed by atoms with Gasteiger partial charge in [0.1, 0.15) is 11.3 Å². The van der Waals surface area contributed by atoms with Crippen LogP contribution in [0, 0.1) is 0 Å². The van der Waals surface area contributed by atoms with Crippen LogP contribution >= 0.6 is 0 Å². The highest BCUT2D eigenvalue weighted by Crippen LogP contribution is 2.37. The zero-order valence-electron chi connectivity index (χ0n) is 19.2. The van der Waals surface area contributed by atoms with E-state index < -0.39 is 17.8 Å². The number of pyridine rings is 1. The first kappa shape index (κ1) is 27.2. The first-order valence-electron chi connectivity index (χ1n) is 10.0. The van der Waals surface area contributed by atoms with E-state index in [1.165, 1.54) is 12.1 Å². The molecule has 0 atom stereocenters. The summed E-state index contributed by atoms with van der Waals surface area (Å²) < 4.78 is 49.4. The lowest BCUT2D eigenvalue weighted by Gasteiger charge is -2.30. The molecule has 0 bridgehead atoms. The van der Waals surface area contributed by atoms with E-state index >= 15 is 0 Å². The molecule has 0 saturated carbocycles. The summed E-state index contributed by atoms with van der Waals surface area (Å²) in [5.41, 5.74) is -0.105. The molecule has 9 heteroatoms. The van der Waals surface area contributed by atoms with E-state index in [2.05, 4.69) is 51.8 Å². The van der Waals surface area contributed by atoms with Crippen LogP contribution < -0.4 is 10.1 Å². The monoisotopic (exact) mass is 456 g/mol. The molecule has 1 aromatic heterocycles. The molecule has 6 nitrogen and oxygen atoms in total. The van der Waals surface area contributed by atoms with Crippen molar-refractivity contribution in [1.29, 1.82) is 0 Å². The van der Waals surface area contributed by atoms with Gasteiger partial charge < -0.3 is 19.9 Å². The summed E-state index contributed by atoms with van der Waals surface area (Å²) in [6, 6.07) is 7.19. The second kappa shape index (κ2) is 11.2. The maximum absolute atomic E-state index is 12.9. The molecule has 2 N–H and O–H groups in total. The van der Waals surface area contributed by atoms with Crippen molar-refractivity contribution in [3.8, 4) is 11.5 Å². The van der Waals surface area contributed by atoms with Gasteiger partial charge in [0, 0.05) is 12.7 Å². The lowest BCUT2D eigenvalue weighted by Crippen LogP contribution is -2.31. The molecular weight excluding hydrogens is 425 g/mol. The summed E-state index contributed by atoms with van der Waals surface area (Å²) >= 11 is 0. The third-order valence-electron chi connectivity index (χ3n) is 3.54. The van der Waals surface area contributed by atoms with Gasteiger partial charge in [-0.25, -0.2) is 4.79 Å².